The molecule has 1 fully saturated rings. The van der Waals surface area contributed by atoms with E-state index in [0.717, 1.165) is 0 Å². The first-order chi connectivity index (χ1) is 12.7. The van der Waals surface area contributed by atoms with Crippen LogP contribution in [0.5, 0.6) is 0 Å². The molecule has 4 atom stereocenters. The van der Waals surface area contributed by atoms with Crippen molar-refractivity contribution in [2.24, 2.45) is 10.9 Å². The van der Waals surface area contributed by atoms with Crippen LogP contribution in [0.3, 0.4) is 0 Å². The molecule has 2 unspecified atom stereocenters. The molecular formula is C17H21F3N4O3. The number of amides is 1. The molecule has 0 aromatic heterocycles. The number of hydrogen-bond acceptors (Lipinski definition) is 6. The maximum Gasteiger partial charge on any atom is 0.423 e. The summed E-state index contributed by atoms with van der Waals surface area (Å²) in [5.74, 6) is -1.30. The van der Waals surface area contributed by atoms with Crippen LogP contribution in [0.25, 0.3) is 0 Å². The number of benzene rings is 1. The van der Waals surface area contributed by atoms with Gasteiger partial charge in [-0.2, -0.15) is 13.2 Å². The average Bonchev–Trinajstić information content (AvgIpc) is 3.10. The summed E-state index contributed by atoms with van der Waals surface area (Å²) >= 11 is 0. The van der Waals surface area contributed by atoms with Gasteiger partial charge in [0.25, 0.3) is 5.91 Å². The van der Waals surface area contributed by atoms with Crippen molar-refractivity contribution in [3.63, 3.8) is 0 Å². The number of alkyl halides is 3. The molecule has 2 heterocycles. The number of para-hydroxylation sites is 1. The van der Waals surface area contributed by atoms with E-state index >= 15 is 0 Å². The number of aliphatic imine (C=N–C) groups is 1. The Morgan fingerprint density at radius 3 is 2.78 bits per heavy atom. The lowest BCUT2D eigenvalue weighted by Crippen LogP contribution is -2.49. The van der Waals surface area contributed by atoms with Gasteiger partial charge in [-0.3, -0.25) is 4.79 Å². The molecular weight excluding hydrogens is 365 g/mol. The van der Waals surface area contributed by atoms with Crippen LogP contribution in [0.4, 0.5) is 18.9 Å². The zero-order chi connectivity index (χ0) is 19.8. The number of hydroxylamine groups is 1. The van der Waals surface area contributed by atoms with E-state index in [1.807, 2.05) is 6.92 Å². The van der Waals surface area contributed by atoms with Crippen molar-refractivity contribution in [3.8, 4) is 0 Å². The summed E-state index contributed by atoms with van der Waals surface area (Å²) in [5, 5.41) is 9.26. The highest BCUT2D eigenvalue weighted by Gasteiger charge is 2.46. The third-order valence-corrected chi connectivity index (χ3v) is 4.91. The van der Waals surface area contributed by atoms with Gasteiger partial charge in [0.15, 0.2) is 0 Å². The predicted molar refractivity (Wildman–Crippen MR) is 91.6 cm³/mol. The Morgan fingerprint density at radius 2 is 2.11 bits per heavy atom. The van der Waals surface area contributed by atoms with Crippen LogP contribution in [0.1, 0.15) is 30.1 Å². The fraction of sp³-hybridized carbons (Fsp3) is 0.529. The van der Waals surface area contributed by atoms with Gasteiger partial charge in [-0.1, -0.05) is 12.1 Å². The summed E-state index contributed by atoms with van der Waals surface area (Å²) < 4.78 is 37.8. The monoisotopic (exact) mass is 386 g/mol. The minimum Gasteiger partial charge on any atom is -0.398 e. The second-order valence-electron chi connectivity index (χ2n) is 6.81. The maximum absolute atomic E-state index is 12.9. The number of anilines is 1. The quantitative estimate of drug-likeness (QED) is 0.687. The number of nitrogens with zero attached hydrogens (tertiary/aromatic N) is 2. The molecule has 27 heavy (non-hydrogen) atoms. The van der Waals surface area contributed by atoms with Crippen molar-refractivity contribution in [1.29, 1.82) is 0 Å². The Hall–Kier alpha value is -2.33. The molecule has 2 aliphatic heterocycles. The van der Waals surface area contributed by atoms with Crippen LogP contribution in [-0.4, -0.2) is 52.8 Å². The van der Waals surface area contributed by atoms with Crippen LogP contribution in [0.2, 0.25) is 0 Å². The molecule has 4 N–H and O–H groups in total. The van der Waals surface area contributed by atoms with Crippen molar-refractivity contribution >= 4 is 17.5 Å². The molecule has 1 amide bonds. The van der Waals surface area contributed by atoms with Crippen LogP contribution in [-0.2, 0) is 4.84 Å². The number of piperidine rings is 1. The lowest BCUT2D eigenvalue weighted by molar-refractivity contribution is -0.185. The number of likely N-dealkylation sites (tertiary alicyclic amines) is 1. The summed E-state index contributed by atoms with van der Waals surface area (Å²) in [7, 11) is 0. The zero-order valence-electron chi connectivity index (χ0n) is 14.6. The van der Waals surface area contributed by atoms with Gasteiger partial charge >= 0.3 is 6.18 Å². The molecule has 0 aliphatic carbocycles. The van der Waals surface area contributed by atoms with Crippen molar-refractivity contribution in [2.45, 2.75) is 44.3 Å². The SMILES string of the molecule is C[C@@H]1CC[C@@H](C2N=C(C(O)C(F)(F)F)ON2)CN1C(=O)c1ccccc1N. The number of aliphatic hydroxyl groups excluding tert-OH is 1. The smallest absolute Gasteiger partial charge is 0.398 e. The largest absolute Gasteiger partial charge is 0.423 e. The second kappa shape index (κ2) is 7.35. The van der Waals surface area contributed by atoms with Crippen molar-refractivity contribution < 1.29 is 27.9 Å². The molecule has 1 aromatic carbocycles. The van der Waals surface area contributed by atoms with Gasteiger partial charge < -0.3 is 20.6 Å². The number of nitrogens with two attached hydrogens (primary N) is 1. The van der Waals surface area contributed by atoms with E-state index in [1.54, 1.807) is 29.2 Å². The van der Waals surface area contributed by atoms with Gasteiger partial charge in [-0.15, -0.1) is 5.48 Å². The van der Waals surface area contributed by atoms with E-state index in [1.165, 1.54) is 0 Å². The highest BCUT2D eigenvalue weighted by Crippen LogP contribution is 2.30. The lowest BCUT2D eigenvalue weighted by atomic mass is 9.90. The predicted octanol–water partition coefficient (Wildman–Crippen LogP) is 1.69. The summed E-state index contributed by atoms with van der Waals surface area (Å²) in [4.78, 5) is 23.1. The molecule has 148 valence electrons. The number of halogens is 3. The maximum atomic E-state index is 12.9. The molecule has 10 heteroatoms. The normalized spacial score (nSPS) is 27.1. The fourth-order valence-electron chi connectivity index (χ4n) is 3.30. The Morgan fingerprint density at radius 1 is 1.41 bits per heavy atom. The molecule has 1 aromatic rings. The van der Waals surface area contributed by atoms with Gasteiger partial charge in [0, 0.05) is 24.2 Å². The summed E-state index contributed by atoms with van der Waals surface area (Å²) in [5.41, 5.74) is 9.07. The Labute approximate surface area is 153 Å². The lowest BCUT2D eigenvalue weighted by Gasteiger charge is -2.39. The van der Waals surface area contributed by atoms with E-state index < -0.39 is 24.3 Å². The van der Waals surface area contributed by atoms with Crippen LogP contribution >= 0.6 is 0 Å². The van der Waals surface area contributed by atoms with E-state index in [9.17, 15) is 23.1 Å². The molecule has 0 spiro atoms. The topological polar surface area (TPSA) is 100 Å². The zero-order valence-corrected chi connectivity index (χ0v) is 14.6. The van der Waals surface area contributed by atoms with Gasteiger partial charge in [0.2, 0.25) is 12.0 Å². The van der Waals surface area contributed by atoms with Crippen molar-refractivity contribution in [2.75, 3.05) is 12.3 Å². The fourth-order valence-corrected chi connectivity index (χ4v) is 3.30. The highest BCUT2D eigenvalue weighted by molar-refractivity contribution is 5.99. The molecule has 0 saturated carbocycles. The third-order valence-electron chi connectivity index (χ3n) is 4.91. The number of carbonyl (C=O) groups is 1. The van der Waals surface area contributed by atoms with Crippen LogP contribution < -0.4 is 11.2 Å². The molecule has 0 bridgehead atoms. The third kappa shape index (κ3) is 4.01. The van der Waals surface area contributed by atoms with Gasteiger partial charge in [0.1, 0.15) is 6.17 Å². The van der Waals surface area contributed by atoms with E-state index in [0.29, 0.717) is 24.1 Å². The summed E-state index contributed by atoms with van der Waals surface area (Å²) in [6.45, 7) is 2.20. The van der Waals surface area contributed by atoms with Gasteiger partial charge in [0.05, 0.1) is 5.56 Å². The average molecular weight is 386 g/mol. The van der Waals surface area contributed by atoms with Crippen LogP contribution in [0.15, 0.2) is 29.3 Å². The highest BCUT2D eigenvalue weighted by atomic mass is 19.4. The number of aliphatic hydroxyl groups is 1. The van der Waals surface area contributed by atoms with Crippen molar-refractivity contribution in [1.82, 2.24) is 10.4 Å². The second-order valence-corrected chi connectivity index (χ2v) is 6.81. The van der Waals surface area contributed by atoms with Crippen molar-refractivity contribution in [3.05, 3.63) is 29.8 Å². The first kappa shape index (κ1) is 19.4. The van der Waals surface area contributed by atoms with Gasteiger partial charge in [-0.25, -0.2) is 4.99 Å². The number of rotatable bonds is 3. The molecule has 7 nitrogen and oxygen atoms in total. The Balaban J connectivity index is 1.73. The first-order valence-electron chi connectivity index (χ1n) is 8.58. The van der Waals surface area contributed by atoms with E-state index in [4.69, 9.17) is 10.6 Å². The molecule has 1 saturated heterocycles. The summed E-state index contributed by atoms with van der Waals surface area (Å²) in [6.07, 6.45) is -7.10. The minimum atomic E-state index is -4.86. The summed E-state index contributed by atoms with van der Waals surface area (Å²) in [6, 6.07) is 6.69. The molecule has 2 aliphatic rings. The number of hydrogen-bond donors (Lipinski definition) is 3. The van der Waals surface area contributed by atoms with Crippen LogP contribution in [0, 0.1) is 5.92 Å². The minimum absolute atomic E-state index is 0.0418. The number of carbonyl (C=O) groups excluding carboxylic acids is 1. The van der Waals surface area contributed by atoms with E-state index in [2.05, 4.69) is 10.5 Å². The Kier molecular flexibility index (Phi) is 5.29. The molecule has 3 rings (SSSR count). The van der Waals surface area contributed by atoms with Gasteiger partial charge in [-0.05, 0) is 31.9 Å². The first-order valence-corrected chi connectivity index (χ1v) is 8.58. The number of nitrogens with one attached hydrogen (secondary N) is 1. The standard InChI is InChI=1S/C17H21F3N4O3/c1-9-6-7-10(14-22-15(27-23-14)13(25)17(18,19)20)8-24(9)16(26)11-4-2-3-5-12(11)21/h2-5,9-10,13-14,23,25H,6-8,21H2,1H3/t9-,10-,13?,14?/m1/s1. The molecule has 0 radical (unpaired) electrons. The van der Waals surface area contributed by atoms with E-state index in [-0.39, 0.29) is 24.4 Å². The number of nitrogen functional groups attached to an aromatic ring is 1. The Bertz CT molecular complexity index is 740.